The molecule has 0 amide bonds. The molecule has 6 heteroatoms. The molecule has 78 valence electrons. The Bertz CT molecular complexity index is 531. The molecule has 0 aliphatic rings. The molecule has 0 aromatic carbocycles. The van der Waals surface area contributed by atoms with Crippen LogP contribution in [0, 0.1) is 18.3 Å². The number of hydrogen-bond donors (Lipinski definition) is 1. The number of aromatic nitrogens is 4. The van der Waals surface area contributed by atoms with Crippen molar-refractivity contribution in [2.45, 2.75) is 6.92 Å². The zero-order chi connectivity index (χ0) is 11.4. The van der Waals surface area contributed by atoms with Crippen LogP contribution in [0.4, 0.5) is 11.6 Å². The van der Waals surface area contributed by atoms with Crippen molar-refractivity contribution in [3.8, 4) is 6.07 Å². The molecule has 1 N–H and O–H groups in total. The third-order valence-electron chi connectivity index (χ3n) is 1.79. The van der Waals surface area contributed by atoms with Gasteiger partial charge in [0.25, 0.3) is 0 Å². The standard InChI is InChI=1S/C10H8N6/c1-7-2-8(3-11)15-10(14-7)16-9-4-12-6-13-5-9/h2,4-6H,1H3,(H,14,15,16). The van der Waals surface area contributed by atoms with Crippen molar-refractivity contribution in [1.82, 2.24) is 19.9 Å². The van der Waals surface area contributed by atoms with Crippen molar-refractivity contribution >= 4 is 11.6 Å². The summed E-state index contributed by atoms with van der Waals surface area (Å²) in [6, 6.07) is 3.59. The molecule has 2 heterocycles. The average molecular weight is 212 g/mol. The highest BCUT2D eigenvalue weighted by Gasteiger charge is 2.02. The molecule has 2 aromatic heterocycles. The highest BCUT2D eigenvalue weighted by atomic mass is 15.1. The second-order valence-corrected chi connectivity index (χ2v) is 3.08. The minimum atomic E-state index is 0.326. The molecule has 2 aromatic rings. The molecule has 16 heavy (non-hydrogen) atoms. The van der Waals surface area contributed by atoms with Gasteiger partial charge in [-0.1, -0.05) is 0 Å². The lowest BCUT2D eigenvalue weighted by molar-refractivity contribution is 1.08. The molecule has 2 rings (SSSR count). The fourth-order valence-electron chi connectivity index (χ4n) is 1.17. The summed E-state index contributed by atoms with van der Waals surface area (Å²) in [5.41, 5.74) is 1.73. The fourth-order valence-corrected chi connectivity index (χ4v) is 1.17. The number of hydrogen-bond acceptors (Lipinski definition) is 6. The Morgan fingerprint density at radius 1 is 1.25 bits per heavy atom. The van der Waals surface area contributed by atoms with E-state index in [1.807, 2.05) is 6.07 Å². The second kappa shape index (κ2) is 4.31. The van der Waals surface area contributed by atoms with Crippen LogP contribution in [-0.4, -0.2) is 19.9 Å². The van der Waals surface area contributed by atoms with Gasteiger partial charge in [-0.25, -0.2) is 19.9 Å². The summed E-state index contributed by atoms with van der Waals surface area (Å²) in [7, 11) is 0. The fraction of sp³-hybridized carbons (Fsp3) is 0.100. The van der Waals surface area contributed by atoms with Gasteiger partial charge in [-0.2, -0.15) is 5.26 Å². The van der Waals surface area contributed by atoms with E-state index >= 15 is 0 Å². The van der Waals surface area contributed by atoms with E-state index in [9.17, 15) is 0 Å². The van der Waals surface area contributed by atoms with Gasteiger partial charge in [0.15, 0.2) is 0 Å². The molecule has 0 saturated carbocycles. The Labute approximate surface area is 92.0 Å². The Morgan fingerprint density at radius 2 is 2.00 bits per heavy atom. The molecule has 0 saturated heterocycles. The SMILES string of the molecule is Cc1cc(C#N)nc(Nc2cncnc2)n1. The largest absolute Gasteiger partial charge is 0.321 e. The van der Waals surface area contributed by atoms with E-state index in [-0.39, 0.29) is 0 Å². The third kappa shape index (κ3) is 2.27. The van der Waals surface area contributed by atoms with E-state index in [1.54, 1.807) is 25.4 Å². The molecule has 0 fully saturated rings. The van der Waals surface area contributed by atoms with Gasteiger partial charge in [0.1, 0.15) is 18.1 Å². The number of nitrogens with one attached hydrogen (secondary N) is 1. The topological polar surface area (TPSA) is 87.4 Å². The van der Waals surface area contributed by atoms with E-state index < -0.39 is 0 Å². The summed E-state index contributed by atoms with van der Waals surface area (Å²) in [6.07, 6.45) is 4.64. The number of rotatable bonds is 2. The lowest BCUT2D eigenvalue weighted by Crippen LogP contribution is -2.00. The summed E-state index contributed by atoms with van der Waals surface area (Å²) in [6.45, 7) is 1.80. The number of anilines is 2. The van der Waals surface area contributed by atoms with Crippen molar-refractivity contribution in [2.24, 2.45) is 0 Å². The van der Waals surface area contributed by atoms with Gasteiger partial charge in [0.2, 0.25) is 5.95 Å². The Morgan fingerprint density at radius 3 is 2.69 bits per heavy atom. The van der Waals surface area contributed by atoms with Gasteiger partial charge in [-0.15, -0.1) is 0 Å². The minimum absolute atomic E-state index is 0.326. The smallest absolute Gasteiger partial charge is 0.228 e. The van der Waals surface area contributed by atoms with Crippen molar-refractivity contribution in [3.63, 3.8) is 0 Å². The quantitative estimate of drug-likeness (QED) is 0.804. The van der Waals surface area contributed by atoms with Gasteiger partial charge < -0.3 is 5.32 Å². The molecular formula is C10H8N6. The Hall–Kier alpha value is -2.55. The van der Waals surface area contributed by atoms with Crippen LogP contribution < -0.4 is 5.32 Å². The van der Waals surface area contributed by atoms with Gasteiger partial charge in [0, 0.05) is 5.69 Å². The van der Waals surface area contributed by atoms with E-state index in [0.29, 0.717) is 17.3 Å². The van der Waals surface area contributed by atoms with E-state index in [1.165, 1.54) is 6.33 Å². The van der Waals surface area contributed by atoms with Gasteiger partial charge in [0.05, 0.1) is 18.1 Å². The minimum Gasteiger partial charge on any atom is -0.321 e. The van der Waals surface area contributed by atoms with Crippen molar-refractivity contribution < 1.29 is 0 Å². The first kappa shape index (κ1) is 9.98. The molecular weight excluding hydrogens is 204 g/mol. The predicted molar refractivity (Wildman–Crippen MR) is 56.8 cm³/mol. The molecule has 0 radical (unpaired) electrons. The molecule has 0 atom stereocenters. The Balaban J connectivity index is 2.29. The molecule has 0 unspecified atom stereocenters. The van der Waals surface area contributed by atoms with Crippen LogP contribution in [0.25, 0.3) is 0 Å². The van der Waals surface area contributed by atoms with Gasteiger partial charge in [-0.3, -0.25) is 0 Å². The monoisotopic (exact) mass is 212 g/mol. The van der Waals surface area contributed by atoms with E-state index in [0.717, 1.165) is 5.69 Å². The second-order valence-electron chi connectivity index (χ2n) is 3.08. The third-order valence-corrected chi connectivity index (χ3v) is 1.79. The van der Waals surface area contributed by atoms with Crippen LogP contribution >= 0.6 is 0 Å². The van der Waals surface area contributed by atoms with E-state index in [2.05, 4.69) is 25.3 Å². The van der Waals surface area contributed by atoms with Crippen molar-refractivity contribution in [1.29, 1.82) is 5.26 Å². The molecule has 6 nitrogen and oxygen atoms in total. The maximum Gasteiger partial charge on any atom is 0.228 e. The summed E-state index contributed by atoms with van der Waals surface area (Å²) >= 11 is 0. The number of aryl methyl sites for hydroxylation is 1. The maximum atomic E-state index is 8.76. The number of nitrogens with zero attached hydrogens (tertiary/aromatic N) is 5. The van der Waals surface area contributed by atoms with Gasteiger partial charge >= 0.3 is 0 Å². The zero-order valence-electron chi connectivity index (χ0n) is 8.55. The lowest BCUT2D eigenvalue weighted by atomic mass is 10.3. The Kier molecular flexibility index (Phi) is 2.69. The molecule has 0 aliphatic heterocycles. The predicted octanol–water partition coefficient (Wildman–Crippen LogP) is 1.19. The van der Waals surface area contributed by atoms with Crippen molar-refractivity contribution in [3.05, 3.63) is 36.2 Å². The summed E-state index contributed by atoms with van der Waals surface area (Å²) in [5.74, 6) is 0.367. The summed E-state index contributed by atoms with van der Waals surface area (Å²) < 4.78 is 0. The molecule has 0 aliphatic carbocycles. The van der Waals surface area contributed by atoms with Crippen molar-refractivity contribution in [2.75, 3.05) is 5.32 Å². The lowest BCUT2D eigenvalue weighted by Gasteiger charge is -2.04. The van der Waals surface area contributed by atoms with Gasteiger partial charge in [-0.05, 0) is 13.0 Å². The molecule has 0 spiro atoms. The first-order chi connectivity index (χ1) is 7.78. The normalized spacial score (nSPS) is 9.50. The highest BCUT2D eigenvalue weighted by molar-refractivity contribution is 5.50. The summed E-state index contributed by atoms with van der Waals surface area (Å²) in [4.78, 5) is 15.9. The first-order valence-electron chi connectivity index (χ1n) is 4.56. The van der Waals surface area contributed by atoms with E-state index in [4.69, 9.17) is 5.26 Å². The first-order valence-corrected chi connectivity index (χ1v) is 4.56. The van der Waals surface area contributed by atoms with Crippen LogP contribution in [0.15, 0.2) is 24.8 Å². The zero-order valence-corrected chi connectivity index (χ0v) is 8.55. The number of nitriles is 1. The van der Waals surface area contributed by atoms with Crippen LogP contribution in [0.5, 0.6) is 0 Å². The van der Waals surface area contributed by atoms with Crippen LogP contribution in [0.3, 0.4) is 0 Å². The van der Waals surface area contributed by atoms with Crippen LogP contribution in [0.2, 0.25) is 0 Å². The summed E-state index contributed by atoms with van der Waals surface area (Å²) in [5, 5.41) is 11.7. The van der Waals surface area contributed by atoms with Crippen LogP contribution in [0.1, 0.15) is 11.4 Å². The maximum absolute atomic E-state index is 8.76. The van der Waals surface area contributed by atoms with Crippen LogP contribution in [-0.2, 0) is 0 Å². The average Bonchev–Trinajstić information content (AvgIpc) is 2.29. The molecule has 0 bridgehead atoms. The highest BCUT2D eigenvalue weighted by Crippen LogP contribution is 2.10.